The van der Waals surface area contributed by atoms with Gasteiger partial charge >= 0.3 is 0 Å². The second-order valence-corrected chi connectivity index (χ2v) is 6.58. The summed E-state index contributed by atoms with van der Waals surface area (Å²) in [5.74, 6) is 1.33. The van der Waals surface area contributed by atoms with Crippen molar-refractivity contribution < 1.29 is 14.2 Å². The van der Waals surface area contributed by atoms with Crippen molar-refractivity contribution in [3.8, 4) is 29.1 Å². The van der Waals surface area contributed by atoms with Crippen LogP contribution in [0.1, 0.15) is 22.7 Å². The summed E-state index contributed by atoms with van der Waals surface area (Å²) in [5, 5.41) is 14.5. The SMILES string of the molecule is COc1ccc(C2C(C#N)=C(N)Oc3c2c(C)nn3-c2ccccc2)c(OC)c1. The highest BCUT2D eigenvalue weighted by Gasteiger charge is 2.37. The van der Waals surface area contributed by atoms with Crippen molar-refractivity contribution in [2.24, 2.45) is 5.73 Å². The van der Waals surface area contributed by atoms with Gasteiger partial charge in [0.05, 0.1) is 37.1 Å². The maximum absolute atomic E-state index is 9.84. The van der Waals surface area contributed by atoms with Crippen molar-refractivity contribution in [1.29, 1.82) is 5.26 Å². The Balaban J connectivity index is 1.97. The van der Waals surface area contributed by atoms with Crippen LogP contribution in [-0.4, -0.2) is 24.0 Å². The number of hydrogen-bond donors (Lipinski definition) is 1. The number of aryl methyl sites for hydroxylation is 1. The maximum atomic E-state index is 9.84. The summed E-state index contributed by atoms with van der Waals surface area (Å²) in [4.78, 5) is 0. The minimum Gasteiger partial charge on any atom is -0.497 e. The molecule has 7 heteroatoms. The molecule has 2 heterocycles. The van der Waals surface area contributed by atoms with E-state index in [2.05, 4.69) is 11.2 Å². The zero-order valence-corrected chi connectivity index (χ0v) is 16.3. The molecule has 0 aliphatic carbocycles. The number of rotatable bonds is 4. The summed E-state index contributed by atoms with van der Waals surface area (Å²) >= 11 is 0. The molecular formula is C22H20N4O3. The Hall–Kier alpha value is -3.92. The fourth-order valence-electron chi connectivity index (χ4n) is 3.63. The Morgan fingerprint density at radius 1 is 1.14 bits per heavy atom. The number of methoxy groups -OCH3 is 2. The highest BCUT2D eigenvalue weighted by Crippen LogP contribution is 2.47. The van der Waals surface area contributed by atoms with Gasteiger partial charge in [0, 0.05) is 11.6 Å². The normalized spacial score (nSPS) is 15.3. The summed E-state index contributed by atoms with van der Waals surface area (Å²) in [5.41, 5.74) is 9.63. The van der Waals surface area contributed by atoms with Gasteiger partial charge in [-0.05, 0) is 25.1 Å². The number of nitriles is 1. The number of aromatic nitrogens is 2. The smallest absolute Gasteiger partial charge is 0.229 e. The molecule has 2 aromatic carbocycles. The average molecular weight is 388 g/mol. The molecule has 1 aromatic heterocycles. The van der Waals surface area contributed by atoms with Crippen molar-refractivity contribution >= 4 is 0 Å². The predicted molar refractivity (Wildman–Crippen MR) is 107 cm³/mol. The average Bonchev–Trinajstić information content (AvgIpc) is 3.08. The molecule has 0 fully saturated rings. The van der Waals surface area contributed by atoms with Gasteiger partial charge in [0.1, 0.15) is 23.1 Å². The van der Waals surface area contributed by atoms with E-state index >= 15 is 0 Å². The standard InChI is InChI=1S/C22H20N4O3/c1-13-19-20(16-10-9-15(27-2)11-18(16)28-3)17(12-23)21(24)29-22(19)26(25-13)14-7-5-4-6-8-14/h4-11,20H,24H2,1-3H3. The third kappa shape index (κ3) is 2.95. The molecule has 0 bridgehead atoms. The van der Waals surface area contributed by atoms with E-state index in [0.717, 1.165) is 22.5 Å². The number of benzene rings is 2. The molecule has 1 atom stereocenters. The Morgan fingerprint density at radius 3 is 2.55 bits per heavy atom. The molecular weight excluding hydrogens is 368 g/mol. The van der Waals surface area contributed by atoms with Gasteiger partial charge in [-0.25, -0.2) is 4.68 Å². The lowest BCUT2D eigenvalue weighted by Gasteiger charge is -2.26. The number of fused-ring (bicyclic) bond motifs is 1. The summed E-state index contributed by atoms with van der Waals surface area (Å²) in [7, 11) is 3.17. The summed E-state index contributed by atoms with van der Waals surface area (Å²) < 4.78 is 18.5. The topological polar surface area (TPSA) is 95.3 Å². The lowest BCUT2D eigenvalue weighted by atomic mass is 9.83. The van der Waals surface area contributed by atoms with Crippen LogP contribution in [0.5, 0.6) is 17.4 Å². The first kappa shape index (κ1) is 18.4. The Bertz CT molecular complexity index is 1140. The lowest BCUT2D eigenvalue weighted by molar-refractivity contribution is 0.363. The fourth-order valence-corrected chi connectivity index (χ4v) is 3.63. The van der Waals surface area contributed by atoms with Gasteiger partial charge in [-0.15, -0.1) is 0 Å². The molecule has 0 spiro atoms. The van der Waals surface area contributed by atoms with E-state index in [4.69, 9.17) is 19.9 Å². The van der Waals surface area contributed by atoms with Gasteiger partial charge < -0.3 is 19.9 Å². The van der Waals surface area contributed by atoms with Crippen LogP contribution >= 0.6 is 0 Å². The molecule has 0 amide bonds. The quantitative estimate of drug-likeness (QED) is 0.736. The molecule has 3 aromatic rings. The highest BCUT2D eigenvalue weighted by molar-refractivity contribution is 5.60. The summed E-state index contributed by atoms with van der Waals surface area (Å²) in [6.07, 6.45) is 0. The van der Waals surface area contributed by atoms with Gasteiger partial charge in [-0.3, -0.25) is 0 Å². The van der Waals surface area contributed by atoms with Gasteiger partial charge in [0.2, 0.25) is 11.8 Å². The van der Waals surface area contributed by atoms with Crippen LogP contribution in [0.3, 0.4) is 0 Å². The molecule has 0 radical (unpaired) electrons. The summed E-state index contributed by atoms with van der Waals surface area (Å²) in [6.45, 7) is 1.89. The third-order valence-corrected chi connectivity index (χ3v) is 4.98. The Labute approximate surface area is 168 Å². The molecule has 4 rings (SSSR count). The Kier molecular flexibility index (Phi) is 4.61. The number of nitrogens with zero attached hydrogens (tertiary/aromatic N) is 3. The van der Waals surface area contributed by atoms with E-state index in [-0.39, 0.29) is 5.88 Å². The van der Waals surface area contributed by atoms with Gasteiger partial charge in [0.15, 0.2) is 0 Å². The fraction of sp³-hybridized carbons (Fsp3) is 0.182. The highest BCUT2D eigenvalue weighted by atomic mass is 16.5. The van der Waals surface area contributed by atoms with Crippen LogP contribution in [0.4, 0.5) is 0 Å². The van der Waals surface area contributed by atoms with Crippen molar-refractivity contribution in [3.05, 3.63) is 76.8 Å². The van der Waals surface area contributed by atoms with Gasteiger partial charge in [0.25, 0.3) is 0 Å². The van der Waals surface area contributed by atoms with E-state index in [1.807, 2.05) is 49.4 Å². The molecule has 146 valence electrons. The van der Waals surface area contributed by atoms with Crippen LogP contribution in [-0.2, 0) is 0 Å². The van der Waals surface area contributed by atoms with Crippen LogP contribution in [0.2, 0.25) is 0 Å². The number of para-hydroxylation sites is 1. The van der Waals surface area contributed by atoms with E-state index in [9.17, 15) is 5.26 Å². The molecule has 1 unspecified atom stereocenters. The molecule has 2 N–H and O–H groups in total. The number of hydrogen-bond acceptors (Lipinski definition) is 6. The van der Waals surface area contributed by atoms with Crippen molar-refractivity contribution in [3.63, 3.8) is 0 Å². The number of nitrogens with two attached hydrogens (primary N) is 1. The molecule has 0 saturated carbocycles. The van der Waals surface area contributed by atoms with Crippen molar-refractivity contribution in [2.75, 3.05) is 14.2 Å². The second-order valence-electron chi connectivity index (χ2n) is 6.58. The maximum Gasteiger partial charge on any atom is 0.229 e. The zero-order valence-electron chi connectivity index (χ0n) is 16.3. The molecule has 7 nitrogen and oxygen atoms in total. The van der Waals surface area contributed by atoms with E-state index < -0.39 is 5.92 Å². The Morgan fingerprint density at radius 2 is 1.90 bits per heavy atom. The second kappa shape index (κ2) is 7.24. The van der Waals surface area contributed by atoms with E-state index in [1.165, 1.54) is 0 Å². The van der Waals surface area contributed by atoms with Crippen LogP contribution < -0.4 is 19.9 Å². The van der Waals surface area contributed by atoms with Crippen molar-refractivity contribution in [2.45, 2.75) is 12.8 Å². The first-order chi connectivity index (χ1) is 14.1. The monoisotopic (exact) mass is 388 g/mol. The predicted octanol–water partition coefficient (Wildman–Crippen LogP) is 3.42. The van der Waals surface area contributed by atoms with E-state index in [1.54, 1.807) is 25.0 Å². The molecule has 29 heavy (non-hydrogen) atoms. The summed E-state index contributed by atoms with van der Waals surface area (Å²) in [6, 6.07) is 17.3. The van der Waals surface area contributed by atoms with Gasteiger partial charge in [-0.2, -0.15) is 10.4 Å². The minimum atomic E-state index is -0.470. The molecule has 0 saturated heterocycles. The van der Waals surface area contributed by atoms with Crippen molar-refractivity contribution in [1.82, 2.24) is 9.78 Å². The van der Waals surface area contributed by atoms with Crippen LogP contribution in [0, 0.1) is 18.3 Å². The number of ether oxygens (including phenoxy) is 3. The largest absolute Gasteiger partial charge is 0.497 e. The first-order valence-electron chi connectivity index (χ1n) is 9.03. The minimum absolute atomic E-state index is 0.0555. The van der Waals surface area contributed by atoms with Crippen LogP contribution in [0.15, 0.2) is 60.0 Å². The van der Waals surface area contributed by atoms with E-state index in [0.29, 0.717) is 23.0 Å². The zero-order chi connectivity index (χ0) is 20.5. The van der Waals surface area contributed by atoms with Gasteiger partial charge in [-0.1, -0.05) is 24.3 Å². The third-order valence-electron chi connectivity index (χ3n) is 4.98. The lowest BCUT2D eigenvalue weighted by Crippen LogP contribution is -2.22. The van der Waals surface area contributed by atoms with Crippen LogP contribution in [0.25, 0.3) is 5.69 Å². The number of allylic oxidation sites excluding steroid dienone is 1. The molecule has 1 aliphatic heterocycles. The molecule has 1 aliphatic rings. The first-order valence-corrected chi connectivity index (χ1v) is 9.03.